The highest BCUT2D eigenvalue weighted by molar-refractivity contribution is 7.13. The van der Waals surface area contributed by atoms with Crippen molar-refractivity contribution in [3.8, 4) is 16.6 Å². The van der Waals surface area contributed by atoms with Gasteiger partial charge < -0.3 is 5.11 Å². The molecule has 0 aliphatic rings. The molecule has 0 amide bonds. The molecule has 0 saturated carbocycles. The van der Waals surface area contributed by atoms with Gasteiger partial charge in [-0.1, -0.05) is 12.1 Å². The standard InChI is InChI=1S/C11H8N2OS/c12-5-8-2-1-3-9(4-8)11-13-10(6-14)7-15-11/h1-4,7,14H,6H2. The van der Waals surface area contributed by atoms with Gasteiger partial charge in [-0.2, -0.15) is 5.26 Å². The van der Waals surface area contributed by atoms with E-state index >= 15 is 0 Å². The Hall–Kier alpha value is -1.70. The number of hydrogen-bond acceptors (Lipinski definition) is 4. The molecule has 1 aromatic carbocycles. The Morgan fingerprint density at radius 1 is 1.47 bits per heavy atom. The molecule has 15 heavy (non-hydrogen) atoms. The van der Waals surface area contributed by atoms with Gasteiger partial charge in [0.1, 0.15) is 5.01 Å². The van der Waals surface area contributed by atoms with Crippen LogP contribution in [0.25, 0.3) is 10.6 Å². The fraction of sp³-hybridized carbons (Fsp3) is 0.0909. The van der Waals surface area contributed by atoms with Gasteiger partial charge in [0.2, 0.25) is 0 Å². The van der Waals surface area contributed by atoms with Crippen molar-refractivity contribution in [2.24, 2.45) is 0 Å². The van der Waals surface area contributed by atoms with Crippen LogP contribution in [0.3, 0.4) is 0 Å². The van der Waals surface area contributed by atoms with Crippen LogP contribution in [0.15, 0.2) is 29.6 Å². The van der Waals surface area contributed by atoms with Gasteiger partial charge in [0.05, 0.1) is 23.9 Å². The van der Waals surface area contributed by atoms with Gasteiger partial charge in [-0.3, -0.25) is 0 Å². The summed E-state index contributed by atoms with van der Waals surface area (Å²) in [5, 5.41) is 20.3. The number of aliphatic hydroxyl groups is 1. The maximum absolute atomic E-state index is 8.89. The van der Waals surface area contributed by atoms with Gasteiger partial charge in [-0.15, -0.1) is 11.3 Å². The summed E-state index contributed by atoms with van der Waals surface area (Å²) in [5.74, 6) is 0. The summed E-state index contributed by atoms with van der Waals surface area (Å²) in [5.41, 5.74) is 2.20. The zero-order valence-corrected chi connectivity index (χ0v) is 8.66. The molecular weight excluding hydrogens is 208 g/mol. The molecule has 2 aromatic rings. The fourth-order valence-electron chi connectivity index (χ4n) is 1.23. The predicted octanol–water partition coefficient (Wildman–Crippen LogP) is 2.17. The maximum atomic E-state index is 8.89. The van der Waals surface area contributed by atoms with Crippen molar-refractivity contribution in [1.29, 1.82) is 5.26 Å². The minimum atomic E-state index is -0.0472. The average molecular weight is 216 g/mol. The predicted molar refractivity (Wildman–Crippen MR) is 58.2 cm³/mol. The summed E-state index contributed by atoms with van der Waals surface area (Å²) in [6.45, 7) is -0.0472. The molecule has 0 aliphatic carbocycles. The van der Waals surface area contributed by atoms with E-state index in [0.29, 0.717) is 11.3 Å². The molecule has 1 heterocycles. The molecule has 0 atom stereocenters. The Labute approximate surface area is 91.3 Å². The third-order valence-corrected chi connectivity index (χ3v) is 2.89. The van der Waals surface area contributed by atoms with E-state index in [1.807, 2.05) is 17.5 Å². The van der Waals surface area contributed by atoms with E-state index < -0.39 is 0 Å². The van der Waals surface area contributed by atoms with Crippen molar-refractivity contribution in [1.82, 2.24) is 4.98 Å². The third kappa shape index (κ3) is 2.04. The lowest BCUT2D eigenvalue weighted by molar-refractivity contribution is 0.278. The minimum Gasteiger partial charge on any atom is -0.390 e. The Bertz CT molecular complexity index is 513. The molecule has 3 nitrogen and oxygen atoms in total. The van der Waals surface area contributed by atoms with Crippen LogP contribution in [0.4, 0.5) is 0 Å². The van der Waals surface area contributed by atoms with E-state index in [1.54, 1.807) is 12.1 Å². The maximum Gasteiger partial charge on any atom is 0.123 e. The van der Waals surface area contributed by atoms with Gasteiger partial charge in [0.25, 0.3) is 0 Å². The van der Waals surface area contributed by atoms with E-state index in [1.165, 1.54) is 11.3 Å². The van der Waals surface area contributed by atoms with E-state index in [2.05, 4.69) is 11.1 Å². The fourth-order valence-corrected chi connectivity index (χ4v) is 2.04. The largest absolute Gasteiger partial charge is 0.390 e. The molecular formula is C11H8N2OS. The first-order chi connectivity index (χ1) is 7.33. The highest BCUT2D eigenvalue weighted by atomic mass is 32.1. The van der Waals surface area contributed by atoms with E-state index in [4.69, 9.17) is 10.4 Å². The molecule has 1 N–H and O–H groups in total. The molecule has 0 radical (unpaired) electrons. The lowest BCUT2D eigenvalue weighted by Gasteiger charge is -1.95. The molecule has 0 unspecified atom stereocenters. The van der Waals surface area contributed by atoms with Crippen LogP contribution >= 0.6 is 11.3 Å². The van der Waals surface area contributed by atoms with Crippen LogP contribution in [0.2, 0.25) is 0 Å². The second-order valence-electron chi connectivity index (χ2n) is 2.99. The van der Waals surface area contributed by atoms with Crippen molar-refractivity contribution >= 4 is 11.3 Å². The molecule has 0 fully saturated rings. The molecule has 0 spiro atoms. The lowest BCUT2D eigenvalue weighted by Crippen LogP contribution is -1.83. The van der Waals surface area contributed by atoms with Gasteiger partial charge in [0, 0.05) is 10.9 Å². The third-order valence-electron chi connectivity index (χ3n) is 1.95. The number of nitrogens with zero attached hydrogens (tertiary/aromatic N) is 2. The minimum absolute atomic E-state index is 0.0472. The zero-order chi connectivity index (χ0) is 10.7. The van der Waals surface area contributed by atoms with Gasteiger partial charge in [0.15, 0.2) is 0 Å². The van der Waals surface area contributed by atoms with E-state index in [0.717, 1.165) is 10.6 Å². The Kier molecular flexibility index (Phi) is 2.77. The number of nitriles is 1. The first-order valence-corrected chi connectivity index (χ1v) is 5.27. The summed E-state index contributed by atoms with van der Waals surface area (Å²) >= 11 is 1.47. The Morgan fingerprint density at radius 2 is 2.33 bits per heavy atom. The van der Waals surface area contributed by atoms with Crippen molar-refractivity contribution in [3.63, 3.8) is 0 Å². The first kappa shape index (κ1) is 9.84. The van der Waals surface area contributed by atoms with Crippen LogP contribution < -0.4 is 0 Å². The summed E-state index contributed by atoms with van der Waals surface area (Å²) in [7, 11) is 0. The Balaban J connectivity index is 2.41. The van der Waals surface area contributed by atoms with Crippen molar-refractivity contribution in [2.75, 3.05) is 0 Å². The quantitative estimate of drug-likeness (QED) is 0.837. The van der Waals surface area contributed by atoms with Gasteiger partial charge in [-0.25, -0.2) is 4.98 Å². The summed E-state index contributed by atoms with van der Waals surface area (Å²) in [6.07, 6.45) is 0. The van der Waals surface area contributed by atoms with Crippen LogP contribution in [-0.2, 0) is 6.61 Å². The molecule has 0 saturated heterocycles. The molecule has 0 bridgehead atoms. The van der Waals surface area contributed by atoms with Crippen molar-refractivity contribution < 1.29 is 5.11 Å². The van der Waals surface area contributed by atoms with Crippen molar-refractivity contribution in [2.45, 2.75) is 6.61 Å². The van der Waals surface area contributed by atoms with Gasteiger partial charge >= 0.3 is 0 Å². The van der Waals surface area contributed by atoms with E-state index in [-0.39, 0.29) is 6.61 Å². The number of hydrogen-bond donors (Lipinski definition) is 1. The zero-order valence-electron chi connectivity index (χ0n) is 7.84. The van der Waals surface area contributed by atoms with Crippen LogP contribution in [0.1, 0.15) is 11.3 Å². The Morgan fingerprint density at radius 3 is 3.00 bits per heavy atom. The first-order valence-electron chi connectivity index (χ1n) is 4.39. The highest BCUT2D eigenvalue weighted by Gasteiger charge is 2.04. The number of thiazole rings is 1. The van der Waals surface area contributed by atoms with Crippen LogP contribution in [0.5, 0.6) is 0 Å². The smallest absolute Gasteiger partial charge is 0.123 e. The lowest BCUT2D eigenvalue weighted by atomic mass is 10.1. The summed E-state index contributed by atoms with van der Waals surface area (Å²) < 4.78 is 0. The SMILES string of the molecule is N#Cc1cccc(-c2nc(CO)cs2)c1. The summed E-state index contributed by atoms with van der Waals surface area (Å²) in [6, 6.07) is 9.36. The molecule has 2 rings (SSSR count). The monoisotopic (exact) mass is 216 g/mol. The van der Waals surface area contributed by atoms with Crippen LogP contribution in [-0.4, -0.2) is 10.1 Å². The highest BCUT2D eigenvalue weighted by Crippen LogP contribution is 2.24. The number of aliphatic hydroxyl groups excluding tert-OH is 1. The topological polar surface area (TPSA) is 56.9 Å². The van der Waals surface area contributed by atoms with Crippen LogP contribution in [0, 0.1) is 11.3 Å². The average Bonchev–Trinajstić information content (AvgIpc) is 2.78. The molecule has 4 heteroatoms. The number of benzene rings is 1. The number of rotatable bonds is 2. The second-order valence-corrected chi connectivity index (χ2v) is 3.85. The van der Waals surface area contributed by atoms with E-state index in [9.17, 15) is 0 Å². The summed E-state index contributed by atoms with van der Waals surface area (Å²) in [4.78, 5) is 4.23. The van der Waals surface area contributed by atoms with Crippen molar-refractivity contribution in [3.05, 3.63) is 40.9 Å². The normalized spacial score (nSPS) is 9.87. The second kappa shape index (κ2) is 4.22. The molecule has 74 valence electrons. The molecule has 0 aliphatic heterocycles. The number of aromatic nitrogens is 1. The van der Waals surface area contributed by atoms with Gasteiger partial charge in [-0.05, 0) is 12.1 Å². The molecule has 1 aromatic heterocycles.